The van der Waals surface area contributed by atoms with Gasteiger partial charge in [0.1, 0.15) is 0 Å². The van der Waals surface area contributed by atoms with Crippen molar-refractivity contribution in [3.05, 3.63) is 180 Å². The van der Waals surface area contributed by atoms with E-state index >= 15 is 0 Å². The number of rotatable bonds is 18. The Morgan fingerprint density at radius 1 is 0.544 bits per heavy atom. The quantitative estimate of drug-likeness (QED) is 0.0432. The molecule has 6 rings (SSSR count). The Morgan fingerprint density at radius 3 is 1.25 bits per heavy atom. The molecule has 0 heterocycles. The van der Waals surface area contributed by atoms with E-state index in [1.807, 2.05) is 94.8 Å². The second kappa shape index (κ2) is 30.9. The maximum absolute atomic E-state index is 14.1. The third kappa shape index (κ3) is 21.2. The first-order valence-corrected chi connectivity index (χ1v) is 19.3. The third-order valence-electron chi connectivity index (χ3n) is 8.26. The standard InChI is InChI=1S/2C19H22F2NO.2C5H5.Ti/c2*1-2-3-12-23-13-11-22(15-16-7-5-4-6-8-16)19-10-9-17(20)14-18(19)21;2*1-2-4-5-3-1;/h2*4-10H,2-3,11-13,15H2,1H3;2*1-3H,4H2;/q4*-1;+4. The average molecular weight is 815 g/mol. The Kier molecular flexibility index (Phi) is 26.5. The number of hydrogen-bond donors (Lipinski definition) is 0. The van der Waals surface area contributed by atoms with Crippen LogP contribution in [0.4, 0.5) is 28.9 Å². The Bertz CT molecular complexity index is 1600. The smallest absolute Gasteiger partial charge is 0.415 e. The summed E-state index contributed by atoms with van der Waals surface area (Å²) in [6, 6.07) is 29.1. The van der Waals surface area contributed by atoms with Gasteiger partial charge in [0.05, 0.1) is 13.2 Å². The van der Waals surface area contributed by atoms with Crippen molar-refractivity contribution in [2.45, 2.75) is 65.5 Å². The second-order valence-corrected chi connectivity index (χ2v) is 12.8. The zero-order valence-corrected chi connectivity index (χ0v) is 34.7. The summed E-state index contributed by atoms with van der Waals surface area (Å²) in [4.78, 5) is 3.71. The van der Waals surface area contributed by atoms with Crippen LogP contribution in [0.3, 0.4) is 0 Å². The summed E-state index contributed by atoms with van der Waals surface area (Å²) in [5.41, 5.74) is 2.80. The molecule has 4 aromatic rings. The van der Waals surface area contributed by atoms with E-state index in [0.29, 0.717) is 64.0 Å². The third-order valence-corrected chi connectivity index (χ3v) is 8.26. The number of nitrogens with zero attached hydrogens (tertiary/aromatic N) is 2. The fourth-order valence-electron chi connectivity index (χ4n) is 5.26. The summed E-state index contributed by atoms with van der Waals surface area (Å²) >= 11 is 0. The Hall–Kier alpha value is -4.21. The van der Waals surface area contributed by atoms with E-state index in [4.69, 9.17) is 9.47 Å². The zero-order valence-electron chi connectivity index (χ0n) is 33.2. The largest absolute Gasteiger partial charge is 4.00 e. The van der Waals surface area contributed by atoms with Gasteiger partial charge in [-0.25, -0.2) is 41.9 Å². The first-order valence-electron chi connectivity index (χ1n) is 19.3. The van der Waals surface area contributed by atoms with Gasteiger partial charge in [-0.2, -0.15) is 12.2 Å². The maximum atomic E-state index is 14.1. The van der Waals surface area contributed by atoms with Gasteiger partial charge in [0, 0.05) is 62.7 Å². The normalized spacial score (nSPS) is 11.8. The first-order chi connectivity index (χ1) is 27.4. The summed E-state index contributed by atoms with van der Waals surface area (Å²) in [6.45, 7) is 8.77. The molecule has 0 atom stereocenters. The molecule has 0 spiro atoms. The van der Waals surface area contributed by atoms with Crippen LogP contribution in [-0.2, 0) is 44.3 Å². The molecule has 0 bridgehead atoms. The number of hydrogen-bond acceptors (Lipinski definition) is 4. The number of benzene rings is 4. The summed E-state index contributed by atoms with van der Waals surface area (Å²) < 4.78 is 65.4. The van der Waals surface area contributed by atoms with Gasteiger partial charge >= 0.3 is 21.7 Å². The molecule has 4 nitrogen and oxygen atoms in total. The van der Waals surface area contributed by atoms with Crippen molar-refractivity contribution in [1.29, 1.82) is 0 Å². The van der Waals surface area contributed by atoms with Gasteiger partial charge in [0.25, 0.3) is 0 Å². The van der Waals surface area contributed by atoms with E-state index in [1.54, 1.807) is 0 Å². The molecule has 0 saturated heterocycles. The minimum atomic E-state index is -0.690. The van der Waals surface area contributed by atoms with Crippen molar-refractivity contribution in [3.8, 4) is 0 Å². The van der Waals surface area contributed by atoms with E-state index in [1.165, 1.54) is 24.3 Å². The molecule has 0 aromatic heterocycles. The second-order valence-electron chi connectivity index (χ2n) is 12.8. The van der Waals surface area contributed by atoms with E-state index in [9.17, 15) is 17.6 Å². The van der Waals surface area contributed by atoms with E-state index in [0.717, 1.165) is 49.7 Å². The topological polar surface area (TPSA) is 24.9 Å². The molecule has 300 valence electrons. The molecule has 0 radical (unpaired) electrons. The van der Waals surface area contributed by atoms with Crippen molar-refractivity contribution >= 4 is 11.4 Å². The molecule has 4 aromatic carbocycles. The molecule has 2 aliphatic carbocycles. The van der Waals surface area contributed by atoms with Crippen molar-refractivity contribution in [1.82, 2.24) is 0 Å². The summed E-state index contributed by atoms with van der Waals surface area (Å²) in [5, 5.41) is 0. The molecule has 9 heteroatoms. The van der Waals surface area contributed by atoms with Crippen LogP contribution in [0.2, 0.25) is 0 Å². The molecule has 0 fully saturated rings. The average Bonchev–Trinajstić information content (AvgIpc) is 4.00. The van der Waals surface area contributed by atoms with Crippen molar-refractivity contribution < 1.29 is 48.8 Å². The van der Waals surface area contributed by atoms with Gasteiger partial charge in [-0.05, 0) is 35.3 Å². The van der Waals surface area contributed by atoms with Crippen LogP contribution >= 0.6 is 0 Å². The molecule has 0 saturated carbocycles. The minimum absolute atomic E-state index is 0. The molecular formula is C48H54F4N2O2Ti. The summed E-state index contributed by atoms with van der Waals surface area (Å²) in [7, 11) is 0. The zero-order chi connectivity index (χ0) is 40.1. The first kappa shape index (κ1) is 48.9. The minimum Gasteiger partial charge on any atom is -0.415 e. The fourth-order valence-corrected chi connectivity index (χ4v) is 5.26. The van der Waals surface area contributed by atoms with E-state index < -0.39 is 23.3 Å². The van der Waals surface area contributed by atoms with Gasteiger partial charge in [-0.15, -0.1) is 49.2 Å². The number of anilines is 2. The molecule has 2 aliphatic rings. The molecule has 0 N–H and O–H groups in total. The van der Waals surface area contributed by atoms with Crippen LogP contribution < -0.4 is 9.80 Å². The number of allylic oxidation sites excluding steroid dienone is 8. The SMILES string of the molecule is CCCCOCCN(Cc1ccccc1)c1ccc(F)[c-]c1F.CCCCOCCN(Cc1ccccc1)c1ccc(F)[c-]c1F.[C-]1=CC=CC1.[C-]1=CC=CC1.[Ti+4]. The van der Waals surface area contributed by atoms with E-state index in [2.05, 4.69) is 50.3 Å². The molecule has 0 unspecified atom stereocenters. The summed E-state index contributed by atoms with van der Waals surface area (Å²) in [5.74, 6) is -2.72. The molecular weight excluding hydrogens is 760 g/mol. The maximum Gasteiger partial charge on any atom is 4.00 e. The monoisotopic (exact) mass is 814 g/mol. The van der Waals surface area contributed by atoms with Gasteiger partial charge in [-0.1, -0.05) is 87.4 Å². The van der Waals surface area contributed by atoms with Crippen LogP contribution in [0.15, 0.2) is 121 Å². The van der Waals surface area contributed by atoms with Crippen LogP contribution in [0.1, 0.15) is 63.5 Å². The molecule has 0 amide bonds. The van der Waals surface area contributed by atoms with E-state index in [-0.39, 0.29) is 21.7 Å². The molecule has 57 heavy (non-hydrogen) atoms. The van der Waals surface area contributed by atoms with Gasteiger partial charge in [-0.3, -0.25) is 12.2 Å². The number of unbranched alkanes of at least 4 members (excludes halogenated alkanes) is 2. The van der Waals surface area contributed by atoms with Gasteiger partial charge in [0.2, 0.25) is 0 Å². The predicted molar refractivity (Wildman–Crippen MR) is 220 cm³/mol. The van der Waals surface area contributed by atoms with Gasteiger partial charge in [0.15, 0.2) is 0 Å². The van der Waals surface area contributed by atoms with Crippen LogP contribution in [0, 0.1) is 47.6 Å². The van der Waals surface area contributed by atoms with Crippen molar-refractivity contribution in [2.24, 2.45) is 0 Å². The Labute approximate surface area is 353 Å². The van der Waals surface area contributed by atoms with Crippen LogP contribution in [0.25, 0.3) is 0 Å². The van der Waals surface area contributed by atoms with Crippen LogP contribution in [0.5, 0.6) is 0 Å². The Balaban J connectivity index is 0.000000310. The number of ether oxygens (including phenoxy) is 2. The Morgan fingerprint density at radius 2 is 0.947 bits per heavy atom. The fraction of sp³-hybridized carbons (Fsp3) is 0.333. The van der Waals surface area contributed by atoms with Crippen molar-refractivity contribution in [3.63, 3.8) is 0 Å². The predicted octanol–water partition coefficient (Wildman–Crippen LogP) is 11.8. The van der Waals surface area contributed by atoms with Crippen molar-refractivity contribution in [2.75, 3.05) is 49.3 Å². The van der Waals surface area contributed by atoms with Gasteiger partial charge < -0.3 is 19.3 Å². The van der Waals surface area contributed by atoms with Crippen LogP contribution in [-0.4, -0.2) is 39.5 Å². The number of halogens is 4. The summed E-state index contributed by atoms with van der Waals surface area (Å²) in [6.07, 6.45) is 24.2. The molecule has 0 aliphatic heterocycles.